The Bertz CT molecular complexity index is 528. The molecule has 0 bridgehead atoms. The van der Waals surface area contributed by atoms with Crippen LogP contribution < -0.4 is 0 Å². The lowest BCUT2D eigenvalue weighted by Gasteiger charge is -2.15. The van der Waals surface area contributed by atoms with Crippen LogP contribution in [0.4, 0.5) is 5.69 Å². The van der Waals surface area contributed by atoms with Gasteiger partial charge in [-0.25, -0.2) is 4.79 Å². The minimum Gasteiger partial charge on any atom is -0.456 e. The Morgan fingerprint density at radius 2 is 2.05 bits per heavy atom. The van der Waals surface area contributed by atoms with E-state index < -0.39 is 10.9 Å². The van der Waals surface area contributed by atoms with Crippen LogP contribution in [0.15, 0.2) is 24.3 Å². The van der Waals surface area contributed by atoms with Gasteiger partial charge >= 0.3 is 5.97 Å². The summed E-state index contributed by atoms with van der Waals surface area (Å²) in [5.41, 5.74) is 0.230. The van der Waals surface area contributed by atoms with E-state index in [2.05, 4.69) is 0 Å². The van der Waals surface area contributed by atoms with Gasteiger partial charge in [-0.1, -0.05) is 0 Å². The van der Waals surface area contributed by atoms with Gasteiger partial charge in [0.2, 0.25) is 0 Å². The van der Waals surface area contributed by atoms with Gasteiger partial charge in [0.05, 0.1) is 29.6 Å². The van der Waals surface area contributed by atoms with Gasteiger partial charge in [-0.15, -0.1) is 0 Å². The second-order valence-electron chi connectivity index (χ2n) is 4.77. The van der Waals surface area contributed by atoms with Crippen molar-refractivity contribution >= 4 is 11.7 Å². The third-order valence-corrected chi connectivity index (χ3v) is 3.56. The molecule has 0 amide bonds. The number of benzene rings is 1. The second-order valence-corrected chi connectivity index (χ2v) is 4.77. The lowest BCUT2D eigenvalue weighted by atomic mass is 10.0. The SMILES string of the molecule is O=C(OC1COC2OCCC12)c1ccc([N+](=O)[O-])cc1. The molecule has 0 radical (unpaired) electrons. The van der Waals surface area contributed by atoms with Gasteiger partial charge in [-0.2, -0.15) is 0 Å². The molecule has 3 rings (SSSR count). The Hall–Kier alpha value is -1.99. The molecule has 20 heavy (non-hydrogen) atoms. The molecule has 0 aromatic heterocycles. The minimum atomic E-state index is -0.514. The first kappa shape index (κ1) is 13.0. The molecule has 7 heteroatoms. The topological polar surface area (TPSA) is 87.9 Å². The number of ether oxygens (including phenoxy) is 3. The molecule has 2 heterocycles. The zero-order chi connectivity index (χ0) is 14.1. The lowest BCUT2D eigenvalue weighted by molar-refractivity contribution is -0.384. The Morgan fingerprint density at radius 3 is 2.75 bits per heavy atom. The van der Waals surface area contributed by atoms with Crippen molar-refractivity contribution in [3.63, 3.8) is 0 Å². The van der Waals surface area contributed by atoms with E-state index >= 15 is 0 Å². The first-order chi connectivity index (χ1) is 9.65. The molecule has 3 unspecified atom stereocenters. The van der Waals surface area contributed by atoms with Gasteiger partial charge in [0.25, 0.3) is 5.69 Å². The van der Waals surface area contributed by atoms with Crippen molar-refractivity contribution in [1.82, 2.24) is 0 Å². The number of nitro benzene ring substituents is 1. The normalized spacial score (nSPS) is 28.1. The van der Waals surface area contributed by atoms with E-state index in [-0.39, 0.29) is 29.6 Å². The summed E-state index contributed by atoms with van der Waals surface area (Å²) in [6.45, 7) is 0.939. The number of rotatable bonds is 3. The largest absolute Gasteiger partial charge is 0.456 e. The van der Waals surface area contributed by atoms with Crippen LogP contribution in [0.5, 0.6) is 0 Å². The Morgan fingerprint density at radius 1 is 1.30 bits per heavy atom. The second kappa shape index (κ2) is 5.18. The number of fused-ring (bicyclic) bond motifs is 1. The first-order valence-electron chi connectivity index (χ1n) is 6.34. The molecule has 7 nitrogen and oxygen atoms in total. The van der Waals surface area contributed by atoms with Crippen LogP contribution in [0.1, 0.15) is 16.8 Å². The van der Waals surface area contributed by atoms with Crippen molar-refractivity contribution in [2.45, 2.75) is 18.8 Å². The third kappa shape index (κ3) is 2.37. The van der Waals surface area contributed by atoms with E-state index in [0.29, 0.717) is 13.2 Å². The molecule has 2 saturated heterocycles. The van der Waals surface area contributed by atoms with Crippen LogP contribution in [0.25, 0.3) is 0 Å². The molecule has 2 fully saturated rings. The molecular weight excluding hydrogens is 266 g/mol. The predicted molar refractivity (Wildman–Crippen MR) is 66.1 cm³/mol. The maximum absolute atomic E-state index is 12.0. The molecule has 0 N–H and O–H groups in total. The summed E-state index contributed by atoms with van der Waals surface area (Å²) in [7, 11) is 0. The van der Waals surface area contributed by atoms with Crippen molar-refractivity contribution in [2.24, 2.45) is 5.92 Å². The molecule has 3 atom stereocenters. The number of carbonyl (C=O) groups is 1. The average molecular weight is 279 g/mol. The van der Waals surface area contributed by atoms with Gasteiger partial charge in [0.1, 0.15) is 6.10 Å². The number of esters is 1. The predicted octanol–water partition coefficient (Wildman–Crippen LogP) is 1.51. The maximum Gasteiger partial charge on any atom is 0.338 e. The summed E-state index contributed by atoms with van der Waals surface area (Å²) in [4.78, 5) is 22.0. The summed E-state index contributed by atoms with van der Waals surface area (Å²) in [6, 6.07) is 5.34. The number of nitro groups is 1. The van der Waals surface area contributed by atoms with Gasteiger partial charge in [-0.05, 0) is 18.6 Å². The molecular formula is C13H13NO6. The summed E-state index contributed by atoms with van der Waals surface area (Å²) in [6.07, 6.45) is 0.220. The van der Waals surface area contributed by atoms with Crippen molar-refractivity contribution in [3.05, 3.63) is 39.9 Å². The Kier molecular flexibility index (Phi) is 3.37. The van der Waals surface area contributed by atoms with Crippen LogP contribution in [-0.4, -0.2) is 36.5 Å². The molecule has 1 aromatic rings. The molecule has 0 aliphatic carbocycles. The smallest absolute Gasteiger partial charge is 0.338 e. The fourth-order valence-electron chi connectivity index (χ4n) is 2.47. The number of hydrogen-bond donors (Lipinski definition) is 0. The van der Waals surface area contributed by atoms with Crippen LogP contribution in [0.3, 0.4) is 0 Å². The highest BCUT2D eigenvalue weighted by Crippen LogP contribution is 2.33. The van der Waals surface area contributed by atoms with E-state index in [0.717, 1.165) is 6.42 Å². The van der Waals surface area contributed by atoms with Gasteiger partial charge in [-0.3, -0.25) is 10.1 Å². The quantitative estimate of drug-likeness (QED) is 0.473. The van der Waals surface area contributed by atoms with Crippen LogP contribution in [0, 0.1) is 16.0 Å². The van der Waals surface area contributed by atoms with Crippen LogP contribution >= 0.6 is 0 Å². The monoisotopic (exact) mass is 279 g/mol. The first-order valence-corrected chi connectivity index (χ1v) is 6.34. The van der Waals surface area contributed by atoms with Gasteiger partial charge in [0, 0.05) is 12.1 Å². The number of carbonyl (C=O) groups excluding carboxylic acids is 1. The van der Waals surface area contributed by atoms with Crippen molar-refractivity contribution in [2.75, 3.05) is 13.2 Å². The van der Waals surface area contributed by atoms with Crippen molar-refractivity contribution in [3.8, 4) is 0 Å². The zero-order valence-electron chi connectivity index (χ0n) is 10.6. The fraction of sp³-hybridized carbons (Fsp3) is 0.462. The highest BCUT2D eigenvalue weighted by atomic mass is 16.7. The fourth-order valence-corrected chi connectivity index (χ4v) is 2.47. The standard InChI is InChI=1S/C13H13NO6/c15-12(8-1-3-9(4-2-8)14(16)17)20-11-7-19-13-10(11)5-6-18-13/h1-4,10-11,13H,5-7H2. The van der Waals surface area contributed by atoms with Crippen LogP contribution in [-0.2, 0) is 14.2 Å². The minimum absolute atomic E-state index is 0.0602. The van der Waals surface area contributed by atoms with Crippen molar-refractivity contribution in [1.29, 1.82) is 0 Å². The maximum atomic E-state index is 12.0. The average Bonchev–Trinajstić information content (AvgIpc) is 3.04. The molecule has 0 saturated carbocycles. The van der Waals surface area contributed by atoms with E-state index in [1.807, 2.05) is 0 Å². The molecule has 2 aliphatic heterocycles. The van der Waals surface area contributed by atoms with Gasteiger partial charge < -0.3 is 14.2 Å². The van der Waals surface area contributed by atoms with E-state index in [1.165, 1.54) is 24.3 Å². The molecule has 1 aromatic carbocycles. The zero-order valence-corrected chi connectivity index (χ0v) is 10.6. The third-order valence-electron chi connectivity index (χ3n) is 3.56. The lowest BCUT2D eigenvalue weighted by Crippen LogP contribution is -2.26. The Balaban J connectivity index is 1.65. The highest BCUT2D eigenvalue weighted by molar-refractivity contribution is 5.89. The van der Waals surface area contributed by atoms with Gasteiger partial charge in [0.15, 0.2) is 6.29 Å². The summed E-state index contributed by atoms with van der Waals surface area (Å²) < 4.78 is 16.1. The summed E-state index contributed by atoms with van der Waals surface area (Å²) in [5, 5.41) is 10.5. The molecule has 0 spiro atoms. The van der Waals surface area contributed by atoms with E-state index in [9.17, 15) is 14.9 Å². The number of nitrogens with zero attached hydrogens (tertiary/aromatic N) is 1. The van der Waals surface area contributed by atoms with E-state index in [4.69, 9.17) is 14.2 Å². The molecule has 2 aliphatic rings. The number of hydrogen-bond acceptors (Lipinski definition) is 6. The number of non-ortho nitro benzene ring substituents is 1. The molecule has 106 valence electrons. The highest BCUT2D eigenvalue weighted by Gasteiger charge is 2.43. The van der Waals surface area contributed by atoms with E-state index in [1.54, 1.807) is 0 Å². The van der Waals surface area contributed by atoms with Crippen molar-refractivity contribution < 1.29 is 23.9 Å². The Labute approximate surface area is 114 Å². The summed E-state index contributed by atoms with van der Waals surface area (Å²) in [5.74, 6) is -0.418. The summed E-state index contributed by atoms with van der Waals surface area (Å²) >= 11 is 0. The van der Waals surface area contributed by atoms with Crippen LogP contribution in [0.2, 0.25) is 0 Å².